The molecule has 0 radical (unpaired) electrons. The van der Waals surface area contributed by atoms with Crippen LogP contribution in [0.15, 0.2) is 30.5 Å². The lowest BCUT2D eigenvalue weighted by Crippen LogP contribution is -2.43. The van der Waals surface area contributed by atoms with E-state index in [9.17, 15) is 9.59 Å². The van der Waals surface area contributed by atoms with Crippen molar-refractivity contribution >= 4 is 17.5 Å². The third-order valence-electron chi connectivity index (χ3n) is 4.33. The van der Waals surface area contributed by atoms with Gasteiger partial charge in [0.05, 0.1) is 18.5 Å². The van der Waals surface area contributed by atoms with Crippen molar-refractivity contribution in [2.24, 2.45) is 7.05 Å². The van der Waals surface area contributed by atoms with E-state index in [4.69, 9.17) is 9.47 Å². The highest BCUT2D eigenvalue weighted by molar-refractivity contribution is 5.97. The van der Waals surface area contributed by atoms with Crippen molar-refractivity contribution in [2.45, 2.75) is 12.5 Å². The number of methoxy groups -OCH3 is 2. The Balaban J connectivity index is 1.86. The SMILES string of the molecule is COCC(=O)N1Cc2cn(C)nc2[C@@H](C(=O)Nc2ccccc2OC)C1. The number of anilines is 1. The van der Waals surface area contributed by atoms with E-state index in [1.165, 1.54) is 7.11 Å². The molecule has 0 saturated heterocycles. The number of carbonyl (C=O) groups excluding carboxylic acids is 2. The highest BCUT2D eigenvalue weighted by Crippen LogP contribution is 2.30. The Labute approximate surface area is 151 Å². The minimum Gasteiger partial charge on any atom is -0.495 e. The van der Waals surface area contributed by atoms with Crippen LogP contribution in [0.25, 0.3) is 0 Å². The molecule has 138 valence electrons. The fourth-order valence-electron chi connectivity index (χ4n) is 3.13. The Morgan fingerprint density at radius 2 is 2.08 bits per heavy atom. The molecular formula is C18H22N4O4. The number of nitrogens with zero attached hydrogens (tertiary/aromatic N) is 3. The first-order valence-corrected chi connectivity index (χ1v) is 8.26. The zero-order valence-corrected chi connectivity index (χ0v) is 15.1. The lowest BCUT2D eigenvalue weighted by atomic mass is 9.95. The number of aromatic nitrogens is 2. The van der Waals surface area contributed by atoms with Gasteiger partial charge < -0.3 is 19.7 Å². The van der Waals surface area contributed by atoms with E-state index in [0.717, 1.165) is 5.56 Å². The predicted molar refractivity (Wildman–Crippen MR) is 94.9 cm³/mol. The molecule has 0 saturated carbocycles. The first kappa shape index (κ1) is 17.9. The number of amides is 2. The molecule has 2 amide bonds. The molecule has 1 aliphatic rings. The molecule has 8 heteroatoms. The van der Waals surface area contributed by atoms with Crippen molar-refractivity contribution in [1.29, 1.82) is 0 Å². The predicted octanol–water partition coefficient (Wildman–Crippen LogP) is 1.14. The van der Waals surface area contributed by atoms with Crippen molar-refractivity contribution in [2.75, 3.05) is 32.7 Å². The molecule has 1 aromatic carbocycles. The van der Waals surface area contributed by atoms with Crippen molar-refractivity contribution in [3.8, 4) is 5.75 Å². The van der Waals surface area contributed by atoms with E-state index in [1.54, 1.807) is 35.9 Å². The van der Waals surface area contributed by atoms with Crippen LogP contribution in [0.4, 0.5) is 5.69 Å². The first-order chi connectivity index (χ1) is 12.5. The normalized spacial score (nSPS) is 16.1. The largest absolute Gasteiger partial charge is 0.495 e. The van der Waals surface area contributed by atoms with Gasteiger partial charge in [0.2, 0.25) is 11.8 Å². The fraction of sp³-hybridized carbons (Fsp3) is 0.389. The number of nitrogens with one attached hydrogen (secondary N) is 1. The summed E-state index contributed by atoms with van der Waals surface area (Å²) in [4.78, 5) is 26.8. The Kier molecular flexibility index (Phi) is 5.22. The number of hydrogen-bond acceptors (Lipinski definition) is 5. The fourth-order valence-corrected chi connectivity index (χ4v) is 3.13. The Hall–Kier alpha value is -2.87. The molecule has 26 heavy (non-hydrogen) atoms. The summed E-state index contributed by atoms with van der Waals surface area (Å²) in [6.45, 7) is 0.660. The Bertz CT molecular complexity index is 817. The topological polar surface area (TPSA) is 85.7 Å². The van der Waals surface area contributed by atoms with Gasteiger partial charge in [-0.3, -0.25) is 14.3 Å². The van der Waals surface area contributed by atoms with E-state index in [-0.39, 0.29) is 25.0 Å². The second-order valence-corrected chi connectivity index (χ2v) is 6.16. The summed E-state index contributed by atoms with van der Waals surface area (Å²) in [5.41, 5.74) is 2.14. The monoisotopic (exact) mass is 358 g/mol. The van der Waals surface area contributed by atoms with Crippen LogP contribution in [-0.4, -0.2) is 53.9 Å². The zero-order chi connectivity index (χ0) is 18.7. The summed E-state index contributed by atoms with van der Waals surface area (Å²) in [6.07, 6.45) is 1.84. The van der Waals surface area contributed by atoms with E-state index >= 15 is 0 Å². The molecule has 0 fully saturated rings. The van der Waals surface area contributed by atoms with Gasteiger partial charge in [-0.2, -0.15) is 5.10 Å². The van der Waals surface area contributed by atoms with E-state index in [2.05, 4.69) is 10.4 Å². The van der Waals surface area contributed by atoms with Crippen LogP contribution in [0.3, 0.4) is 0 Å². The van der Waals surface area contributed by atoms with Gasteiger partial charge in [0, 0.05) is 39.0 Å². The van der Waals surface area contributed by atoms with Crippen LogP contribution < -0.4 is 10.1 Å². The van der Waals surface area contributed by atoms with Crippen LogP contribution in [0.1, 0.15) is 17.2 Å². The first-order valence-electron chi connectivity index (χ1n) is 8.26. The van der Waals surface area contributed by atoms with Gasteiger partial charge in [-0.15, -0.1) is 0 Å². The van der Waals surface area contributed by atoms with E-state index in [0.29, 0.717) is 23.7 Å². The van der Waals surface area contributed by atoms with E-state index in [1.807, 2.05) is 18.3 Å². The average molecular weight is 358 g/mol. The van der Waals surface area contributed by atoms with Gasteiger partial charge >= 0.3 is 0 Å². The molecule has 2 heterocycles. The smallest absolute Gasteiger partial charge is 0.248 e. The Morgan fingerprint density at radius 1 is 1.31 bits per heavy atom. The van der Waals surface area contributed by atoms with E-state index < -0.39 is 5.92 Å². The summed E-state index contributed by atoms with van der Waals surface area (Å²) in [7, 11) is 4.83. The summed E-state index contributed by atoms with van der Waals surface area (Å²) >= 11 is 0. The minimum absolute atomic E-state index is 0.0174. The maximum Gasteiger partial charge on any atom is 0.248 e. The molecule has 2 aromatic rings. The third-order valence-corrected chi connectivity index (χ3v) is 4.33. The number of carbonyl (C=O) groups is 2. The minimum atomic E-state index is -0.564. The van der Waals surface area contributed by atoms with Crippen molar-refractivity contribution < 1.29 is 19.1 Å². The lowest BCUT2D eigenvalue weighted by Gasteiger charge is -2.31. The quantitative estimate of drug-likeness (QED) is 0.866. The summed E-state index contributed by atoms with van der Waals surface area (Å²) < 4.78 is 11.9. The van der Waals surface area contributed by atoms with Crippen molar-refractivity contribution in [3.63, 3.8) is 0 Å². The third kappa shape index (κ3) is 3.55. The molecule has 0 bridgehead atoms. The number of hydrogen-bond donors (Lipinski definition) is 1. The highest BCUT2D eigenvalue weighted by Gasteiger charge is 2.35. The van der Waals surface area contributed by atoms with Gasteiger partial charge in [0.25, 0.3) is 0 Å². The number of para-hydroxylation sites is 2. The van der Waals surface area contributed by atoms with Gasteiger partial charge in [0.1, 0.15) is 18.3 Å². The average Bonchev–Trinajstić information content (AvgIpc) is 3.01. The maximum absolute atomic E-state index is 12.9. The van der Waals surface area contributed by atoms with Gasteiger partial charge in [-0.1, -0.05) is 12.1 Å². The number of aryl methyl sites for hydroxylation is 1. The van der Waals surface area contributed by atoms with Crippen LogP contribution in [0, 0.1) is 0 Å². The van der Waals surface area contributed by atoms with Crippen LogP contribution in [0.2, 0.25) is 0 Å². The van der Waals surface area contributed by atoms with Crippen molar-refractivity contribution in [1.82, 2.24) is 14.7 Å². The lowest BCUT2D eigenvalue weighted by molar-refractivity contribution is -0.137. The van der Waals surface area contributed by atoms with Crippen LogP contribution >= 0.6 is 0 Å². The molecular weight excluding hydrogens is 336 g/mol. The molecule has 0 aliphatic carbocycles. The molecule has 0 unspecified atom stereocenters. The van der Waals surface area contributed by atoms with Crippen LogP contribution in [0.5, 0.6) is 5.75 Å². The Morgan fingerprint density at radius 3 is 2.81 bits per heavy atom. The maximum atomic E-state index is 12.9. The molecule has 1 aromatic heterocycles. The van der Waals surface area contributed by atoms with Gasteiger partial charge in [0.15, 0.2) is 0 Å². The highest BCUT2D eigenvalue weighted by atomic mass is 16.5. The molecule has 3 rings (SSSR count). The van der Waals surface area contributed by atoms with Gasteiger partial charge in [-0.05, 0) is 12.1 Å². The number of rotatable bonds is 5. The molecule has 0 spiro atoms. The number of ether oxygens (including phenoxy) is 2. The summed E-state index contributed by atoms with van der Waals surface area (Å²) in [5, 5.41) is 7.32. The molecule has 1 aliphatic heterocycles. The van der Waals surface area contributed by atoms with Crippen LogP contribution in [-0.2, 0) is 27.9 Å². The summed E-state index contributed by atoms with van der Waals surface area (Å²) in [6, 6.07) is 7.19. The van der Waals surface area contributed by atoms with Crippen molar-refractivity contribution in [3.05, 3.63) is 41.7 Å². The number of fused-ring (bicyclic) bond motifs is 1. The summed E-state index contributed by atoms with van der Waals surface area (Å²) in [5.74, 6) is -0.377. The zero-order valence-electron chi connectivity index (χ0n) is 15.1. The standard InChI is InChI=1S/C18H22N4O4/c1-21-8-12-9-22(16(23)11-25-2)10-13(17(12)20-21)18(24)19-14-6-4-5-7-15(14)26-3/h4-8,13H,9-11H2,1-3H3,(H,19,24)/t13-/m0/s1. The molecule has 8 nitrogen and oxygen atoms in total. The molecule has 1 N–H and O–H groups in total. The number of benzene rings is 1. The molecule has 1 atom stereocenters. The second kappa shape index (κ2) is 7.57. The van der Waals surface area contributed by atoms with Gasteiger partial charge in [-0.25, -0.2) is 0 Å². The second-order valence-electron chi connectivity index (χ2n) is 6.16.